The summed E-state index contributed by atoms with van der Waals surface area (Å²) in [7, 11) is 0. The van der Waals surface area contributed by atoms with Crippen LogP contribution in [0.2, 0.25) is 0 Å². The van der Waals surface area contributed by atoms with Gasteiger partial charge in [-0.3, -0.25) is 24.0 Å². The number of carbonyl (C=O) groups is 5. The Labute approximate surface area is 213 Å². The lowest BCUT2D eigenvalue weighted by molar-refractivity contribution is -0.141. The second-order valence-corrected chi connectivity index (χ2v) is 10.6. The van der Waals surface area contributed by atoms with Crippen molar-refractivity contribution in [2.24, 2.45) is 5.92 Å². The van der Waals surface area contributed by atoms with Crippen LogP contribution in [-0.2, 0) is 19.2 Å². The first-order valence-electron chi connectivity index (χ1n) is 12.6. The van der Waals surface area contributed by atoms with Gasteiger partial charge in [-0.05, 0) is 49.6 Å². The van der Waals surface area contributed by atoms with Gasteiger partial charge in [-0.15, -0.1) is 11.3 Å². The van der Waals surface area contributed by atoms with Crippen LogP contribution >= 0.6 is 11.3 Å². The molecule has 0 bridgehead atoms. The second kappa shape index (κ2) is 12.1. The molecule has 1 aromatic heterocycles. The quantitative estimate of drug-likeness (QED) is 0.382. The molecule has 4 rings (SSSR count). The van der Waals surface area contributed by atoms with Crippen molar-refractivity contribution in [3.63, 3.8) is 0 Å². The molecule has 2 aliphatic rings. The van der Waals surface area contributed by atoms with Crippen molar-refractivity contribution >= 4 is 50.8 Å². The Hall–Kier alpha value is -3.27. The molecule has 4 amide bonds. The van der Waals surface area contributed by atoms with Crippen molar-refractivity contribution in [3.05, 3.63) is 35.2 Å². The Morgan fingerprint density at radius 3 is 2.56 bits per heavy atom. The highest BCUT2D eigenvalue weighted by Gasteiger charge is 2.34. The van der Waals surface area contributed by atoms with Gasteiger partial charge in [0.1, 0.15) is 0 Å². The molecule has 2 aromatic rings. The first-order chi connectivity index (χ1) is 17.4. The van der Waals surface area contributed by atoms with Gasteiger partial charge in [-0.25, -0.2) is 0 Å². The number of piperidine rings is 1. The van der Waals surface area contributed by atoms with Gasteiger partial charge in [0.25, 0.3) is 11.8 Å². The number of Topliss-reactive ketones (excluding diaryl/α,β-unsaturated/α-hetero) is 1. The Balaban J connectivity index is 1.37. The predicted octanol–water partition coefficient (Wildman–Crippen LogP) is 2.05. The van der Waals surface area contributed by atoms with Gasteiger partial charge < -0.3 is 21.3 Å². The van der Waals surface area contributed by atoms with Gasteiger partial charge in [-0.2, -0.15) is 0 Å². The van der Waals surface area contributed by atoms with Crippen LogP contribution in [0.25, 0.3) is 10.1 Å². The highest BCUT2D eigenvalue weighted by molar-refractivity contribution is 7.20. The Bertz CT molecular complexity index is 1110. The maximum Gasteiger partial charge on any atom is 0.289 e. The van der Waals surface area contributed by atoms with E-state index in [-0.39, 0.29) is 24.9 Å². The van der Waals surface area contributed by atoms with E-state index in [9.17, 15) is 24.0 Å². The Morgan fingerprint density at radius 2 is 1.81 bits per heavy atom. The number of amides is 4. The smallest absolute Gasteiger partial charge is 0.289 e. The fourth-order valence-corrected chi connectivity index (χ4v) is 5.80. The minimum atomic E-state index is -1.14. The third-order valence-electron chi connectivity index (χ3n) is 6.79. The van der Waals surface area contributed by atoms with E-state index in [0.29, 0.717) is 17.8 Å². The summed E-state index contributed by atoms with van der Waals surface area (Å²) in [6, 6.07) is 8.17. The molecule has 1 aliphatic carbocycles. The summed E-state index contributed by atoms with van der Waals surface area (Å²) in [6.07, 6.45) is 6.16. The van der Waals surface area contributed by atoms with Gasteiger partial charge in [0.2, 0.25) is 17.6 Å². The van der Waals surface area contributed by atoms with Crippen molar-refractivity contribution in [3.8, 4) is 0 Å². The van der Waals surface area contributed by atoms with E-state index in [1.54, 1.807) is 6.07 Å². The van der Waals surface area contributed by atoms with Crippen LogP contribution in [0.15, 0.2) is 30.3 Å². The summed E-state index contributed by atoms with van der Waals surface area (Å²) in [4.78, 5) is 63.8. The number of fused-ring (bicyclic) bond motifs is 1. The standard InChI is InChI=1S/C26H32N4O5S/c31-22(15-28-25(34)21-14-16-7-4-5-11-20(16)36-21)30-19(13-17-8-6-12-27-24(17)33)23(32)26(35)29-18-9-2-1-3-10-18/h4-5,7,11,14,17-19H,1-3,6,8-10,12-13,15H2,(H,27,33)(H,28,34)(H,29,35)(H,30,31). The average molecular weight is 513 g/mol. The number of nitrogens with one attached hydrogen (secondary N) is 4. The van der Waals surface area contributed by atoms with Crippen molar-refractivity contribution < 1.29 is 24.0 Å². The fourth-order valence-electron chi connectivity index (χ4n) is 4.82. The van der Waals surface area contributed by atoms with Gasteiger partial charge in [-0.1, -0.05) is 37.5 Å². The van der Waals surface area contributed by atoms with Crippen molar-refractivity contribution in [1.82, 2.24) is 21.3 Å². The van der Waals surface area contributed by atoms with Gasteiger partial charge in [0.05, 0.1) is 17.5 Å². The molecule has 1 aliphatic heterocycles. The number of hydrogen-bond donors (Lipinski definition) is 4. The maximum atomic E-state index is 13.0. The topological polar surface area (TPSA) is 133 Å². The van der Waals surface area contributed by atoms with Crippen LogP contribution in [0.1, 0.15) is 61.0 Å². The molecule has 36 heavy (non-hydrogen) atoms. The number of rotatable bonds is 9. The minimum Gasteiger partial charge on any atom is -0.356 e. The van der Waals surface area contributed by atoms with Crippen molar-refractivity contribution in [2.75, 3.05) is 13.1 Å². The van der Waals surface area contributed by atoms with Crippen LogP contribution in [0.4, 0.5) is 0 Å². The van der Waals surface area contributed by atoms with Gasteiger partial charge in [0.15, 0.2) is 0 Å². The lowest BCUT2D eigenvalue weighted by Gasteiger charge is -2.27. The van der Waals surface area contributed by atoms with E-state index >= 15 is 0 Å². The maximum absolute atomic E-state index is 13.0. The molecule has 0 radical (unpaired) electrons. The summed E-state index contributed by atoms with van der Waals surface area (Å²) in [5.74, 6) is -3.14. The highest BCUT2D eigenvalue weighted by atomic mass is 32.1. The average Bonchev–Trinajstić information content (AvgIpc) is 3.33. The SMILES string of the molecule is O=C(CNC(=O)c1cc2ccccc2s1)NC(CC1CCCNC1=O)C(=O)C(=O)NC1CCCCC1. The molecule has 2 fully saturated rings. The number of thiophene rings is 1. The summed E-state index contributed by atoms with van der Waals surface area (Å²) < 4.78 is 0.965. The summed E-state index contributed by atoms with van der Waals surface area (Å²) in [6.45, 7) is 0.226. The van der Waals surface area contributed by atoms with Gasteiger partial charge >= 0.3 is 0 Å². The normalized spacial score (nSPS) is 19.2. The molecule has 2 heterocycles. The van der Waals surface area contributed by atoms with Crippen LogP contribution in [-0.4, -0.2) is 54.6 Å². The van der Waals surface area contributed by atoms with E-state index < -0.39 is 35.5 Å². The number of carbonyl (C=O) groups excluding carboxylic acids is 5. The number of hydrogen-bond acceptors (Lipinski definition) is 6. The third kappa shape index (κ3) is 6.69. The molecule has 2 unspecified atom stereocenters. The summed E-state index contributed by atoms with van der Waals surface area (Å²) in [5.41, 5.74) is 0. The zero-order valence-corrected chi connectivity index (χ0v) is 21.0. The van der Waals surface area contributed by atoms with Crippen LogP contribution in [0, 0.1) is 5.92 Å². The molecular formula is C26H32N4O5S. The Kier molecular flexibility index (Phi) is 8.69. The first kappa shape index (κ1) is 25.8. The monoisotopic (exact) mass is 512 g/mol. The predicted molar refractivity (Wildman–Crippen MR) is 136 cm³/mol. The molecule has 1 saturated carbocycles. The Morgan fingerprint density at radius 1 is 1.03 bits per heavy atom. The molecule has 1 saturated heterocycles. The highest BCUT2D eigenvalue weighted by Crippen LogP contribution is 2.25. The van der Waals surface area contributed by atoms with E-state index in [2.05, 4.69) is 21.3 Å². The molecule has 0 spiro atoms. The number of ketones is 1. The molecule has 10 heteroatoms. The van der Waals surface area contributed by atoms with E-state index in [1.807, 2.05) is 24.3 Å². The van der Waals surface area contributed by atoms with Crippen LogP contribution in [0.5, 0.6) is 0 Å². The first-order valence-corrected chi connectivity index (χ1v) is 13.4. The van der Waals surface area contributed by atoms with Gasteiger partial charge in [0, 0.05) is 23.2 Å². The zero-order valence-electron chi connectivity index (χ0n) is 20.1. The second-order valence-electron chi connectivity index (χ2n) is 9.49. The van der Waals surface area contributed by atoms with E-state index in [0.717, 1.165) is 48.6 Å². The van der Waals surface area contributed by atoms with Crippen molar-refractivity contribution in [1.29, 1.82) is 0 Å². The van der Waals surface area contributed by atoms with E-state index in [1.165, 1.54) is 11.3 Å². The number of benzene rings is 1. The van der Waals surface area contributed by atoms with Crippen LogP contribution < -0.4 is 21.3 Å². The van der Waals surface area contributed by atoms with Crippen LogP contribution in [0.3, 0.4) is 0 Å². The van der Waals surface area contributed by atoms with Crippen molar-refractivity contribution in [2.45, 2.75) is 63.5 Å². The molecular weight excluding hydrogens is 480 g/mol. The van der Waals surface area contributed by atoms with E-state index in [4.69, 9.17) is 0 Å². The molecule has 1 aromatic carbocycles. The summed E-state index contributed by atoms with van der Waals surface area (Å²) in [5, 5.41) is 11.7. The molecule has 2 atom stereocenters. The third-order valence-corrected chi connectivity index (χ3v) is 7.91. The molecule has 9 nitrogen and oxygen atoms in total. The zero-order chi connectivity index (χ0) is 25.5. The lowest BCUT2D eigenvalue weighted by Crippen LogP contribution is -2.53. The minimum absolute atomic E-state index is 0.0404. The largest absolute Gasteiger partial charge is 0.356 e. The molecule has 4 N–H and O–H groups in total. The molecule has 192 valence electrons. The summed E-state index contributed by atoms with van der Waals surface area (Å²) >= 11 is 1.32. The fraction of sp³-hybridized carbons (Fsp3) is 0.500. The lowest BCUT2D eigenvalue weighted by atomic mass is 9.89.